The number of benzene rings is 2. The number of nitrogens with one attached hydrogen (secondary N) is 3. The Balaban J connectivity index is 1.50. The summed E-state index contributed by atoms with van der Waals surface area (Å²) in [5, 5.41) is 9.91. The molecule has 2 aromatic carbocycles. The van der Waals surface area contributed by atoms with Crippen LogP contribution in [0.1, 0.15) is 25.6 Å². The first kappa shape index (κ1) is 19.3. The zero-order chi connectivity index (χ0) is 19.8. The molecule has 28 heavy (non-hydrogen) atoms. The lowest BCUT2D eigenvalue weighted by molar-refractivity contribution is -0.120. The van der Waals surface area contributed by atoms with Gasteiger partial charge < -0.3 is 16.0 Å². The molecule has 0 aliphatic rings. The highest BCUT2D eigenvalue weighted by Gasteiger charge is 2.11. The molecule has 3 amide bonds. The number of rotatable bonds is 7. The molecule has 1 aromatic heterocycles. The molecule has 0 aliphatic carbocycles. The molecule has 0 unspecified atom stereocenters. The zero-order valence-electron chi connectivity index (χ0n) is 15.0. The molecule has 6 nitrogen and oxygen atoms in total. The van der Waals surface area contributed by atoms with Gasteiger partial charge in [-0.2, -0.15) is 0 Å². The molecular formula is C21H19N3O3S. The number of carbonyl (C=O) groups is 3. The summed E-state index contributed by atoms with van der Waals surface area (Å²) in [6.45, 7) is 0.275. The molecule has 3 rings (SSSR count). The van der Waals surface area contributed by atoms with Crippen molar-refractivity contribution >= 4 is 34.7 Å². The van der Waals surface area contributed by atoms with E-state index in [0.29, 0.717) is 22.7 Å². The van der Waals surface area contributed by atoms with Crippen LogP contribution in [0.5, 0.6) is 0 Å². The van der Waals surface area contributed by atoms with E-state index < -0.39 is 0 Å². The van der Waals surface area contributed by atoms with Crippen LogP contribution in [0, 0.1) is 0 Å². The summed E-state index contributed by atoms with van der Waals surface area (Å²) in [5.41, 5.74) is 1.86. The topological polar surface area (TPSA) is 87.3 Å². The number of amides is 3. The quantitative estimate of drug-likeness (QED) is 0.577. The highest BCUT2D eigenvalue weighted by atomic mass is 32.1. The summed E-state index contributed by atoms with van der Waals surface area (Å²) in [5.74, 6) is -0.894. The predicted molar refractivity (Wildman–Crippen MR) is 109 cm³/mol. The molecule has 142 valence electrons. The molecule has 0 radical (unpaired) electrons. The monoisotopic (exact) mass is 393 g/mol. The molecule has 0 spiro atoms. The summed E-state index contributed by atoms with van der Waals surface area (Å²) < 4.78 is 0. The van der Waals surface area contributed by atoms with Gasteiger partial charge in [-0.05, 0) is 35.2 Å². The summed E-state index contributed by atoms with van der Waals surface area (Å²) in [4.78, 5) is 36.9. The Hall–Kier alpha value is -3.45. The van der Waals surface area contributed by atoms with Gasteiger partial charge in [0.15, 0.2) is 0 Å². The van der Waals surface area contributed by atoms with Gasteiger partial charge in [0.05, 0.1) is 11.4 Å². The maximum atomic E-state index is 12.3. The summed E-state index contributed by atoms with van der Waals surface area (Å²) >= 11 is 1.34. The third kappa shape index (κ3) is 5.52. The third-order valence-electron chi connectivity index (χ3n) is 3.87. The number of thiophene rings is 1. The minimum atomic E-state index is -0.387. The van der Waals surface area contributed by atoms with Gasteiger partial charge >= 0.3 is 0 Å². The fourth-order valence-corrected chi connectivity index (χ4v) is 3.08. The van der Waals surface area contributed by atoms with Crippen molar-refractivity contribution in [3.8, 4) is 0 Å². The standard InChI is InChI=1S/C21H19N3O3S/c25-19(22-13-15-6-2-1-3-7-15)14-23-20(26)16-8-4-9-17(12-16)24-21(27)18-10-5-11-28-18/h1-12H,13-14H2,(H,22,25)(H,23,26)(H,24,27). The second-order valence-corrected chi connectivity index (χ2v) is 6.90. The van der Waals surface area contributed by atoms with Crippen LogP contribution in [0.4, 0.5) is 5.69 Å². The molecule has 0 aliphatic heterocycles. The molecule has 3 aromatic rings. The average molecular weight is 393 g/mol. The van der Waals surface area contributed by atoms with Crippen LogP contribution in [-0.4, -0.2) is 24.3 Å². The lowest BCUT2D eigenvalue weighted by atomic mass is 10.2. The van der Waals surface area contributed by atoms with Crippen LogP contribution < -0.4 is 16.0 Å². The molecular weight excluding hydrogens is 374 g/mol. The highest BCUT2D eigenvalue weighted by molar-refractivity contribution is 7.12. The number of anilines is 1. The van der Waals surface area contributed by atoms with Gasteiger partial charge in [0.1, 0.15) is 0 Å². The van der Waals surface area contributed by atoms with E-state index in [-0.39, 0.29) is 24.3 Å². The van der Waals surface area contributed by atoms with E-state index in [0.717, 1.165) is 5.56 Å². The van der Waals surface area contributed by atoms with E-state index in [2.05, 4.69) is 16.0 Å². The Labute approximate surface area is 166 Å². The second kappa shape index (κ2) is 9.48. The van der Waals surface area contributed by atoms with Crippen molar-refractivity contribution in [2.24, 2.45) is 0 Å². The van der Waals surface area contributed by atoms with Crippen LogP contribution in [0.2, 0.25) is 0 Å². The highest BCUT2D eigenvalue weighted by Crippen LogP contribution is 2.15. The van der Waals surface area contributed by atoms with E-state index in [1.54, 1.807) is 36.4 Å². The van der Waals surface area contributed by atoms with Crippen molar-refractivity contribution < 1.29 is 14.4 Å². The molecule has 7 heteroatoms. The first-order chi connectivity index (χ1) is 13.6. The molecule has 0 saturated carbocycles. The van der Waals surface area contributed by atoms with Crippen molar-refractivity contribution in [2.75, 3.05) is 11.9 Å². The van der Waals surface area contributed by atoms with Gasteiger partial charge in [-0.25, -0.2) is 0 Å². The Bertz CT molecular complexity index is 956. The van der Waals surface area contributed by atoms with Crippen LogP contribution in [0.15, 0.2) is 72.1 Å². The molecule has 3 N–H and O–H groups in total. The van der Waals surface area contributed by atoms with E-state index >= 15 is 0 Å². The molecule has 0 saturated heterocycles. The van der Waals surface area contributed by atoms with E-state index in [4.69, 9.17) is 0 Å². The minimum Gasteiger partial charge on any atom is -0.350 e. The first-order valence-corrected chi connectivity index (χ1v) is 9.53. The van der Waals surface area contributed by atoms with Crippen molar-refractivity contribution in [2.45, 2.75) is 6.54 Å². The Morgan fingerprint density at radius 3 is 2.39 bits per heavy atom. The van der Waals surface area contributed by atoms with Gasteiger partial charge in [0.25, 0.3) is 11.8 Å². The van der Waals surface area contributed by atoms with Gasteiger partial charge in [0, 0.05) is 17.8 Å². The largest absolute Gasteiger partial charge is 0.350 e. The summed E-state index contributed by atoms with van der Waals surface area (Å²) in [6.07, 6.45) is 0. The zero-order valence-corrected chi connectivity index (χ0v) is 15.8. The van der Waals surface area contributed by atoms with Crippen LogP contribution in [0.25, 0.3) is 0 Å². The Morgan fingerprint density at radius 1 is 0.821 bits per heavy atom. The SMILES string of the molecule is O=C(CNC(=O)c1cccc(NC(=O)c2cccs2)c1)NCc1ccccc1. The number of carbonyl (C=O) groups excluding carboxylic acids is 3. The predicted octanol–water partition coefficient (Wildman–Crippen LogP) is 3.05. The van der Waals surface area contributed by atoms with Crippen LogP contribution >= 0.6 is 11.3 Å². The molecule has 1 heterocycles. The Kier molecular flexibility index (Phi) is 6.54. The maximum Gasteiger partial charge on any atom is 0.265 e. The second-order valence-electron chi connectivity index (χ2n) is 5.96. The van der Waals surface area contributed by atoms with Gasteiger partial charge in [0.2, 0.25) is 5.91 Å². The van der Waals surface area contributed by atoms with Crippen molar-refractivity contribution in [1.82, 2.24) is 10.6 Å². The van der Waals surface area contributed by atoms with Gasteiger partial charge in [-0.1, -0.05) is 42.5 Å². The fourth-order valence-electron chi connectivity index (χ4n) is 2.46. The normalized spacial score (nSPS) is 10.1. The summed E-state index contributed by atoms with van der Waals surface area (Å²) in [6, 6.07) is 19.6. The van der Waals surface area contributed by atoms with Crippen molar-refractivity contribution in [3.05, 3.63) is 88.1 Å². The number of hydrogen-bond donors (Lipinski definition) is 3. The smallest absolute Gasteiger partial charge is 0.265 e. The van der Waals surface area contributed by atoms with E-state index in [1.165, 1.54) is 11.3 Å². The van der Waals surface area contributed by atoms with Crippen LogP contribution in [-0.2, 0) is 11.3 Å². The summed E-state index contributed by atoms with van der Waals surface area (Å²) in [7, 11) is 0. The molecule has 0 atom stereocenters. The average Bonchev–Trinajstić information content (AvgIpc) is 3.26. The minimum absolute atomic E-state index is 0.128. The number of hydrogen-bond acceptors (Lipinski definition) is 4. The Morgan fingerprint density at radius 2 is 1.64 bits per heavy atom. The van der Waals surface area contributed by atoms with E-state index in [1.807, 2.05) is 35.7 Å². The van der Waals surface area contributed by atoms with Crippen LogP contribution in [0.3, 0.4) is 0 Å². The molecule has 0 bridgehead atoms. The van der Waals surface area contributed by atoms with Crippen molar-refractivity contribution in [3.63, 3.8) is 0 Å². The first-order valence-electron chi connectivity index (χ1n) is 8.65. The maximum absolute atomic E-state index is 12.3. The molecule has 0 fully saturated rings. The lowest BCUT2D eigenvalue weighted by Gasteiger charge is -2.09. The van der Waals surface area contributed by atoms with Gasteiger partial charge in [-0.3, -0.25) is 14.4 Å². The van der Waals surface area contributed by atoms with Crippen molar-refractivity contribution in [1.29, 1.82) is 0 Å². The van der Waals surface area contributed by atoms with Gasteiger partial charge in [-0.15, -0.1) is 11.3 Å². The third-order valence-corrected chi connectivity index (χ3v) is 4.74. The van der Waals surface area contributed by atoms with E-state index in [9.17, 15) is 14.4 Å². The lowest BCUT2D eigenvalue weighted by Crippen LogP contribution is -2.36. The fraction of sp³-hybridized carbons (Fsp3) is 0.0952.